The SMILES string of the molecule is COc1cc(Cl)c(C)cc1NC(=O)Cn1[nH]c(=O)c2ccccc2c1=O. The predicted molar refractivity (Wildman–Crippen MR) is 100 cm³/mol. The average molecular weight is 374 g/mol. The second-order valence-corrected chi connectivity index (χ2v) is 6.13. The van der Waals surface area contributed by atoms with Gasteiger partial charge >= 0.3 is 0 Å². The van der Waals surface area contributed by atoms with Crippen molar-refractivity contribution in [3.63, 3.8) is 0 Å². The number of anilines is 1. The van der Waals surface area contributed by atoms with Crippen molar-refractivity contribution in [3.8, 4) is 5.75 Å². The Labute approximate surface area is 153 Å². The van der Waals surface area contributed by atoms with Gasteiger partial charge in [0.1, 0.15) is 12.3 Å². The first-order valence-corrected chi connectivity index (χ1v) is 8.14. The number of hydrogen-bond donors (Lipinski definition) is 2. The van der Waals surface area contributed by atoms with Gasteiger partial charge in [-0.05, 0) is 30.7 Å². The molecule has 0 unspecified atom stereocenters. The third kappa shape index (κ3) is 3.34. The molecule has 1 amide bonds. The van der Waals surface area contributed by atoms with Crippen molar-refractivity contribution < 1.29 is 9.53 Å². The largest absolute Gasteiger partial charge is 0.495 e. The average Bonchev–Trinajstić information content (AvgIpc) is 2.62. The van der Waals surface area contributed by atoms with Crippen molar-refractivity contribution in [3.05, 3.63) is 67.7 Å². The van der Waals surface area contributed by atoms with E-state index < -0.39 is 17.0 Å². The topological polar surface area (TPSA) is 93.2 Å². The molecule has 1 heterocycles. The molecule has 2 aromatic carbocycles. The van der Waals surface area contributed by atoms with E-state index in [1.807, 2.05) is 0 Å². The fourth-order valence-electron chi connectivity index (χ4n) is 2.62. The molecule has 0 spiro atoms. The van der Waals surface area contributed by atoms with Crippen LogP contribution in [0.4, 0.5) is 5.69 Å². The molecular formula is C18H16ClN3O4. The summed E-state index contributed by atoms with van der Waals surface area (Å²) in [5, 5.41) is 6.13. The number of nitrogens with one attached hydrogen (secondary N) is 2. The highest BCUT2D eigenvalue weighted by Gasteiger charge is 2.13. The van der Waals surface area contributed by atoms with E-state index in [9.17, 15) is 14.4 Å². The lowest BCUT2D eigenvalue weighted by Gasteiger charge is -2.13. The number of halogens is 1. The molecule has 0 atom stereocenters. The Balaban J connectivity index is 1.91. The van der Waals surface area contributed by atoms with Gasteiger partial charge in [0, 0.05) is 11.1 Å². The zero-order chi connectivity index (χ0) is 18.8. The summed E-state index contributed by atoms with van der Waals surface area (Å²) < 4.78 is 6.19. The van der Waals surface area contributed by atoms with Crippen LogP contribution in [0.5, 0.6) is 5.75 Å². The summed E-state index contributed by atoms with van der Waals surface area (Å²) in [7, 11) is 1.46. The maximum atomic E-state index is 12.5. The van der Waals surface area contributed by atoms with E-state index >= 15 is 0 Å². The molecule has 0 aliphatic carbocycles. The van der Waals surface area contributed by atoms with Crippen molar-refractivity contribution in [2.24, 2.45) is 0 Å². The normalized spacial score (nSPS) is 10.7. The van der Waals surface area contributed by atoms with Crippen molar-refractivity contribution in [2.45, 2.75) is 13.5 Å². The number of carbonyl (C=O) groups is 1. The maximum absolute atomic E-state index is 12.5. The molecule has 134 valence electrons. The molecule has 0 saturated heterocycles. The molecule has 2 N–H and O–H groups in total. The van der Waals surface area contributed by atoms with Gasteiger partial charge < -0.3 is 10.1 Å². The molecule has 0 radical (unpaired) electrons. The highest BCUT2D eigenvalue weighted by molar-refractivity contribution is 6.31. The van der Waals surface area contributed by atoms with Crippen molar-refractivity contribution in [1.82, 2.24) is 9.78 Å². The number of benzene rings is 2. The van der Waals surface area contributed by atoms with Crippen LogP contribution in [0, 0.1) is 6.92 Å². The number of nitrogens with zero attached hydrogens (tertiary/aromatic N) is 1. The molecule has 26 heavy (non-hydrogen) atoms. The summed E-state index contributed by atoms with van der Waals surface area (Å²) in [6.45, 7) is 1.45. The number of aryl methyl sites for hydroxylation is 1. The highest BCUT2D eigenvalue weighted by Crippen LogP contribution is 2.30. The third-order valence-electron chi connectivity index (χ3n) is 3.94. The molecule has 0 bridgehead atoms. The van der Waals surface area contributed by atoms with E-state index in [0.29, 0.717) is 16.5 Å². The highest BCUT2D eigenvalue weighted by atomic mass is 35.5. The van der Waals surface area contributed by atoms with Crippen LogP contribution in [0.25, 0.3) is 10.8 Å². The number of aromatic amines is 1. The maximum Gasteiger partial charge on any atom is 0.273 e. The Kier molecular flexibility index (Phi) is 4.81. The van der Waals surface area contributed by atoms with Gasteiger partial charge in [-0.15, -0.1) is 0 Å². The van der Waals surface area contributed by atoms with E-state index in [-0.39, 0.29) is 17.3 Å². The van der Waals surface area contributed by atoms with Gasteiger partial charge in [-0.2, -0.15) is 0 Å². The zero-order valence-corrected chi connectivity index (χ0v) is 14.9. The minimum absolute atomic E-state index is 0.254. The number of ether oxygens (including phenoxy) is 1. The van der Waals surface area contributed by atoms with E-state index in [1.54, 1.807) is 43.3 Å². The molecule has 0 aliphatic rings. The van der Waals surface area contributed by atoms with Crippen LogP contribution < -0.4 is 21.2 Å². The summed E-state index contributed by atoms with van der Waals surface area (Å²) in [6, 6.07) is 9.70. The van der Waals surface area contributed by atoms with Crippen LogP contribution in [0.15, 0.2) is 46.0 Å². The van der Waals surface area contributed by atoms with E-state index in [0.717, 1.165) is 10.2 Å². The van der Waals surface area contributed by atoms with Gasteiger partial charge in [0.25, 0.3) is 11.1 Å². The summed E-state index contributed by atoms with van der Waals surface area (Å²) in [6.07, 6.45) is 0. The fourth-order valence-corrected chi connectivity index (χ4v) is 2.77. The molecule has 7 nitrogen and oxygen atoms in total. The molecule has 3 aromatic rings. The minimum atomic E-state index is -0.488. The monoisotopic (exact) mass is 373 g/mol. The number of H-pyrrole nitrogens is 1. The van der Waals surface area contributed by atoms with E-state index in [1.165, 1.54) is 7.11 Å². The van der Waals surface area contributed by atoms with E-state index in [4.69, 9.17) is 16.3 Å². The molecule has 0 fully saturated rings. The minimum Gasteiger partial charge on any atom is -0.495 e. The molecular weight excluding hydrogens is 358 g/mol. The number of methoxy groups -OCH3 is 1. The lowest BCUT2D eigenvalue weighted by atomic mass is 10.2. The van der Waals surface area contributed by atoms with Crippen LogP contribution in [-0.4, -0.2) is 22.8 Å². The van der Waals surface area contributed by atoms with Gasteiger partial charge in [0.2, 0.25) is 5.91 Å². The second-order valence-electron chi connectivity index (χ2n) is 5.73. The number of fused-ring (bicyclic) bond motifs is 1. The Morgan fingerprint density at radius 3 is 2.62 bits per heavy atom. The predicted octanol–water partition coefficient (Wildman–Crippen LogP) is 2.30. The van der Waals surface area contributed by atoms with Crippen LogP contribution in [0.3, 0.4) is 0 Å². The van der Waals surface area contributed by atoms with Gasteiger partial charge in [0.15, 0.2) is 0 Å². The standard InChI is InChI=1S/C18H16ClN3O4/c1-10-7-14(15(26-2)8-13(10)19)20-16(23)9-22-18(25)12-6-4-3-5-11(12)17(24)21-22/h3-8H,9H2,1-2H3,(H,20,23)(H,21,24). The summed E-state index contributed by atoms with van der Waals surface area (Å²) >= 11 is 6.05. The van der Waals surface area contributed by atoms with Crippen molar-refractivity contribution in [1.29, 1.82) is 0 Å². The van der Waals surface area contributed by atoms with Gasteiger partial charge in [0.05, 0.1) is 23.6 Å². The van der Waals surface area contributed by atoms with E-state index in [2.05, 4.69) is 10.4 Å². The van der Waals surface area contributed by atoms with Crippen LogP contribution in [-0.2, 0) is 11.3 Å². The quantitative estimate of drug-likeness (QED) is 0.733. The smallest absolute Gasteiger partial charge is 0.273 e. The Bertz CT molecular complexity index is 1120. The lowest BCUT2D eigenvalue weighted by molar-refractivity contribution is -0.117. The van der Waals surface area contributed by atoms with Crippen LogP contribution >= 0.6 is 11.6 Å². The Hall–Kier alpha value is -3.06. The molecule has 0 aliphatic heterocycles. The molecule has 0 saturated carbocycles. The van der Waals surface area contributed by atoms with Crippen molar-refractivity contribution >= 4 is 34.0 Å². The van der Waals surface area contributed by atoms with Gasteiger partial charge in [-0.3, -0.25) is 19.5 Å². The fraction of sp³-hybridized carbons (Fsp3) is 0.167. The van der Waals surface area contributed by atoms with Crippen LogP contribution in [0.2, 0.25) is 5.02 Å². The van der Waals surface area contributed by atoms with Crippen LogP contribution in [0.1, 0.15) is 5.56 Å². The number of carbonyl (C=O) groups excluding carboxylic acids is 1. The second kappa shape index (κ2) is 7.05. The lowest BCUT2D eigenvalue weighted by Crippen LogP contribution is -2.34. The summed E-state index contributed by atoms with van der Waals surface area (Å²) in [4.78, 5) is 36.9. The first-order chi connectivity index (χ1) is 12.4. The zero-order valence-electron chi connectivity index (χ0n) is 14.1. The summed E-state index contributed by atoms with van der Waals surface area (Å²) in [5.74, 6) is -0.0913. The first kappa shape index (κ1) is 17.8. The van der Waals surface area contributed by atoms with Gasteiger partial charge in [-0.25, -0.2) is 4.68 Å². The number of aromatic nitrogens is 2. The third-order valence-corrected chi connectivity index (χ3v) is 4.35. The van der Waals surface area contributed by atoms with Gasteiger partial charge in [-0.1, -0.05) is 23.7 Å². The molecule has 3 rings (SSSR count). The Morgan fingerprint density at radius 1 is 1.23 bits per heavy atom. The Morgan fingerprint density at radius 2 is 1.92 bits per heavy atom. The first-order valence-electron chi connectivity index (χ1n) is 7.76. The number of hydrogen-bond acceptors (Lipinski definition) is 4. The van der Waals surface area contributed by atoms with Crippen molar-refractivity contribution in [2.75, 3.05) is 12.4 Å². The number of amides is 1. The number of rotatable bonds is 4. The molecule has 8 heteroatoms. The summed E-state index contributed by atoms with van der Waals surface area (Å²) in [5.41, 5.74) is 0.303. The molecule has 1 aromatic heterocycles.